The molecule has 0 spiro atoms. The average Bonchev–Trinajstić information content (AvgIpc) is 1.95. The molecular weight excluding hydrogens is 196 g/mol. The molecular formula is C6H16N2O4S. The summed E-state index contributed by atoms with van der Waals surface area (Å²) < 4.78 is 29.0. The second-order valence-electron chi connectivity index (χ2n) is 2.70. The largest absolute Gasteiger partial charge is 0.382 e. The Morgan fingerprint density at radius 3 is 2.38 bits per heavy atom. The second-order valence-corrected chi connectivity index (χ2v) is 4.11. The summed E-state index contributed by atoms with van der Waals surface area (Å²) in [6.45, 7) is 3.95. The minimum absolute atomic E-state index is 0.163. The highest BCUT2D eigenvalue weighted by molar-refractivity contribution is 7.87. The van der Waals surface area contributed by atoms with Crippen LogP contribution < -0.4 is 9.61 Å². The average molecular weight is 212 g/mol. The smallest absolute Gasteiger partial charge is 0.299 e. The van der Waals surface area contributed by atoms with Gasteiger partial charge in [0.15, 0.2) is 0 Å². The van der Waals surface area contributed by atoms with Crippen molar-refractivity contribution in [3.05, 3.63) is 0 Å². The van der Waals surface area contributed by atoms with Gasteiger partial charge in [-0.15, -0.1) is 0 Å². The van der Waals surface area contributed by atoms with Gasteiger partial charge in [0.1, 0.15) is 0 Å². The third-order valence-corrected chi connectivity index (χ3v) is 2.07. The maximum Gasteiger partial charge on any atom is 0.299 e. The zero-order valence-electron chi connectivity index (χ0n) is 8.03. The van der Waals surface area contributed by atoms with Crippen LogP contribution in [0.2, 0.25) is 0 Å². The Morgan fingerprint density at radius 1 is 1.31 bits per heavy atom. The summed E-state index contributed by atoms with van der Waals surface area (Å²) in [6.07, 6.45) is 0. The van der Waals surface area contributed by atoms with E-state index in [4.69, 9.17) is 0 Å². The Labute approximate surface area is 78.7 Å². The van der Waals surface area contributed by atoms with E-state index in [1.165, 1.54) is 7.11 Å². The number of hydrogen-bond donors (Lipinski definition) is 2. The lowest BCUT2D eigenvalue weighted by Gasteiger charge is -2.09. The van der Waals surface area contributed by atoms with Crippen molar-refractivity contribution in [2.45, 2.75) is 19.9 Å². The van der Waals surface area contributed by atoms with Gasteiger partial charge >= 0.3 is 0 Å². The molecule has 7 heteroatoms. The minimum Gasteiger partial charge on any atom is -0.382 e. The van der Waals surface area contributed by atoms with E-state index < -0.39 is 10.2 Å². The summed E-state index contributed by atoms with van der Waals surface area (Å²) in [6, 6.07) is -0.163. The first-order valence-corrected chi connectivity index (χ1v) is 5.36. The maximum atomic E-state index is 11.0. The van der Waals surface area contributed by atoms with Gasteiger partial charge in [0.2, 0.25) is 0 Å². The normalized spacial score (nSPS) is 12.3. The van der Waals surface area contributed by atoms with Crippen LogP contribution in [0.4, 0.5) is 0 Å². The highest BCUT2D eigenvalue weighted by atomic mass is 32.2. The van der Waals surface area contributed by atoms with Crippen molar-refractivity contribution < 1.29 is 18.0 Å². The molecule has 0 aliphatic heterocycles. The van der Waals surface area contributed by atoms with E-state index in [0.29, 0.717) is 6.61 Å². The molecule has 0 aliphatic rings. The molecule has 0 bridgehead atoms. The van der Waals surface area contributed by atoms with Gasteiger partial charge in [-0.1, -0.05) is 4.89 Å². The van der Waals surface area contributed by atoms with Crippen molar-refractivity contribution in [3.63, 3.8) is 0 Å². The van der Waals surface area contributed by atoms with Gasteiger partial charge in [0.05, 0.1) is 13.2 Å². The molecule has 0 atom stereocenters. The van der Waals surface area contributed by atoms with Gasteiger partial charge in [-0.25, -0.2) is 0 Å². The highest BCUT2D eigenvalue weighted by Crippen LogP contribution is 1.83. The van der Waals surface area contributed by atoms with Gasteiger partial charge in [0.25, 0.3) is 10.2 Å². The molecule has 0 unspecified atom stereocenters. The lowest BCUT2D eigenvalue weighted by molar-refractivity contribution is 0.0431. The topological polar surface area (TPSA) is 76.7 Å². The number of methoxy groups -OCH3 is 1. The molecule has 0 saturated carbocycles. The summed E-state index contributed by atoms with van der Waals surface area (Å²) in [5.74, 6) is 0. The van der Waals surface area contributed by atoms with E-state index in [9.17, 15) is 8.42 Å². The highest BCUT2D eigenvalue weighted by Gasteiger charge is 2.10. The predicted octanol–water partition coefficient (Wildman–Crippen LogP) is -0.603. The van der Waals surface area contributed by atoms with E-state index in [2.05, 4.69) is 14.3 Å². The van der Waals surface area contributed by atoms with Crippen molar-refractivity contribution in [1.29, 1.82) is 0 Å². The predicted molar refractivity (Wildman–Crippen MR) is 48.2 cm³/mol. The van der Waals surface area contributed by atoms with Crippen LogP contribution in [0.1, 0.15) is 13.8 Å². The van der Waals surface area contributed by atoms with Gasteiger partial charge < -0.3 is 4.74 Å². The number of ether oxygens (including phenoxy) is 1. The molecule has 0 aromatic heterocycles. The molecule has 0 aromatic rings. The van der Waals surface area contributed by atoms with Gasteiger partial charge in [-0.05, 0) is 13.8 Å². The first kappa shape index (κ1) is 12.8. The molecule has 80 valence electrons. The van der Waals surface area contributed by atoms with Crippen LogP contribution in [0.15, 0.2) is 0 Å². The van der Waals surface area contributed by atoms with Crippen molar-refractivity contribution in [2.75, 3.05) is 20.3 Å². The standard InChI is InChI=1S/C6H16N2O4S/c1-6(2)7-13(9,10)8-12-5-4-11-3/h6-8H,4-5H2,1-3H3. The fourth-order valence-electron chi connectivity index (χ4n) is 0.579. The number of nitrogens with one attached hydrogen (secondary N) is 2. The SMILES string of the molecule is COCCONS(=O)(=O)NC(C)C. The Hall–Kier alpha value is -0.210. The lowest BCUT2D eigenvalue weighted by Crippen LogP contribution is -2.40. The Bertz CT molecular complexity index is 215. The molecule has 0 amide bonds. The molecule has 0 saturated heterocycles. The third kappa shape index (κ3) is 8.13. The summed E-state index contributed by atoms with van der Waals surface area (Å²) in [7, 11) is -2.03. The van der Waals surface area contributed by atoms with E-state index in [1.54, 1.807) is 13.8 Å². The van der Waals surface area contributed by atoms with Gasteiger partial charge in [-0.2, -0.15) is 13.1 Å². The van der Waals surface area contributed by atoms with E-state index in [1.807, 2.05) is 4.89 Å². The minimum atomic E-state index is -3.54. The summed E-state index contributed by atoms with van der Waals surface area (Å²) in [5, 5.41) is 0. The van der Waals surface area contributed by atoms with E-state index in [-0.39, 0.29) is 12.6 Å². The van der Waals surface area contributed by atoms with Crippen molar-refractivity contribution in [2.24, 2.45) is 0 Å². The number of rotatable bonds is 7. The fourth-order valence-corrected chi connectivity index (χ4v) is 1.49. The van der Waals surface area contributed by atoms with Crippen LogP contribution in [0.5, 0.6) is 0 Å². The Balaban J connectivity index is 3.64. The zero-order chi connectivity index (χ0) is 10.3. The van der Waals surface area contributed by atoms with Crippen LogP contribution in [0.3, 0.4) is 0 Å². The fraction of sp³-hybridized carbons (Fsp3) is 1.00. The van der Waals surface area contributed by atoms with Crippen LogP contribution in [0.25, 0.3) is 0 Å². The molecule has 2 N–H and O–H groups in total. The zero-order valence-corrected chi connectivity index (χ0v) is 8.85. The summed E-state index contributed by atoms with van der Waals surface area (Å²) in [5.41, 5.74) is 0. The first-order valence-electron chi connectivity index (χ1n) is 3.87. The molecule has 0 heterocycles. The van der Waals surface area contributed by atoms with Crippen molar-refractivity contribution in [3.8, 4) is 0 Å². The van der Waals surface area contributed by atoms with E-state index >= 15 is 0 Å². The molecule has 0 radical (unpaired) electrons. The third-order valence-electron chi connectivity index (χ3n) is 0.949. The monoisotopic (exact) mass is 212 g/mol. The Morgan fingerprint density at radius 2 is 1.92 bits per heavy atom. The lowest BCUT2D eigenvalue weighted by atomic mass is 10.4. The van der Waals surface area contributed by atoms with Gasteiger partial charge in [0, 0.05) is 13.2 Å². The molecule has 0 fully saturated rings. The van der Waals surface area contributed by atoms with Crippen LogP contribution in [-0.2, 0) is 19.8 Å². The van der Waals surface area contributed by atoms with Crippen molar-refractivity contribution >= 4 is 10.2 Å². The Kier molecular flexibility index (Phi) is 6.17. The first-order chi connectivity index (χ1) is 5.98. The van der Waals surface area contributed by atoms with Crippen LogP contribution in [0, 0.1) is 0 Å². The van der Waals surface area contributed by atoms with Gasteiger partial charge in [-0.3, -0.25) is 4.84 Å². The maximum absolute atomic E-state index is 11.0. The quantitative estimate of drug-likeness (QED) is 0.436. The molecule has 0 aliphatic carbocycles. The van der Waals surface area contributed by atoms with E-state index in [0.717, 1.165) is 0 Å². The molecule has 13 heavy (non-hydrogen) atoms. The summed E-state index contributed by atoms with van der Waals surface area (Å²) in [4.78, 5) is 6.52. The molecule has 6 nitrogen and oxygen atoms in total. The number of hydrogen-bond acceptors (Lipinski definition) is 4. The van der Waals surface area contributed by atoms with Crippen LogP contribution >= 0.6 is 0 Å². The van der Waals surface area contributed by atoms with Crippen LogP contribution in [-0.4, -0.2) is 34.8 Å². The molecule has 0 aromatic carbocycles. The second kappa shape index (κ2) is 6.28. The summed E-state index contributed by atoms with van der Waals surface area (Å²) >= 11 is 0. The van der Waals surface area contributed by atoms with Crippen molar-refractivity contribution in [1.82, 2.24) is 9.61 Å². The molecule has 0 rings (SSSR count).